The van der Waals surface area contributed by atoms with Gasteiger partial charge in [-0.15, -0.1) is 0 Å². The predicted octanol–water partition coefficient (Wildman–Crippen LogP) is 2.39. The van der Waals surface area contributed by atoms with E-state index in [0.29, 0.717) is 11.4 Å². The number of nitrogens with one attached hydrogen (secondary N) is 1. The van der Waals surface area contributed by atoms with Gasteiger partial charge in [0.15, 0.2) is 0 Å². The maximum atomic E-state index is 12.1. The molecular formula is C15H21NO4S. The summed E-state index contributed by atoms with van der Waals surface area (Å²) in [6.07, 6.45) is 0. The summed E-state index contributed by atoms with van der Waals surface area (Å²) >= 11 is 0. The number of carboxylic acids is 1. The van der Waals surface area contributed by atoms with E-state index in [1.165, 1.54) is 6.92 Å². The van der Waals surface area contributed by atoms with E-state index >= 15 is 0 Å². The highest BCUT2D eigenvalue weighted by Crippen LogP contribution is 2.19. The van der Waals surface area contributed by atoms with Crippen LogP contribution in [0.4, 0.5) is 5.69 Å². The van der Waals surface area contributed by atoms with Gasteiger partial charge in [0.1, 0.15) is 5.92 Å². The largest absolute Gasteiger partial charge is 0.481 e. The molecule has 2 N–H and O–H groups in total. The van der Waals surface area contributed by atoms with E-state index in [2.05, 4.69) is 5.32 Å². The van der Waals surface area contributed by atoms with Gasteiger partial charge in [-0.25, -0.2) is 0 Å². The molecule has 1 amide bonds. The van der Waals surface area contributed by atoms with Gasteiger partial charge in [0.05, 0.1) is 0 Å². The molecule has 0 fully saturated rings. The number of carbonyl (C=O) groups excluding carboxylic acids is 1. The summed E-state index contributed by atoms with van der Waals surface area (Å²) in [7, 11) is -1.03. The Kier molecular flexibility index (Phi) is 5.66. The second-order valence-corrected chi connectivity index (χ2v) is 8.06. The summed E-state index contributed by atoms with van der Waals surface area (Å²) in [6.45, 7) is 7.05. The molecule has 1 rings (SSSR count). The van der Waals surface area contributed by atoms with Crippen LogP contribution in [0.5, 0.6) is 0 Å². The Morgan fingerprint density at radius 3 is 2.48 bits per heavy atom. The van der Waals surface area contributed by atoms with Crippen molar-refractivity contribution in [2.75, 3.05) is 5.32 Å². The van der Waals surface area contributed by atoms with Gasteiger partial charge in [-0.05, 0) is 45.4 Å². The van der Waals surface area contributed by atoms with Crippen LogP contribution in [-0.2, 0) is 26.1 Å². The maximum absolute atomic E-state index is 12.1. The van der Waals surface area contributed by atoms with Crippen LogP contribution < -0.4 is 5.32 Å². The second-order valence-electron chi connectivity index (χ2n) is 5.85. The van der Waals surface area contributed by atoms with Crippen LogP contribution in [-0.4, -0.2) is 25.9 Å². The lowest BCUT2D eigenvalue weighted by Gasteiger charge is -2.18. The molecule has 0 bridgehead atoms. The minimum Gasteiger partial charge on any atom is -0.481 e. The standard InChI is InChI=1S/C15H21NO4S/c1-10(14(18)19)13(17)16-12-7-5-6-11(8-12)9-21(20)15(2,3)4/h5-8,10H,9H2,1-4H3,(H,16,17)(H,18,19). The normalized spacial score (nSPS) is 14.3. The lowest BCUT2D eigenvalue weighted by atomic mass is 10.1. The van der Waals surface area contributed by atoms with Gasteiger partial charge in [-0.1, -0.05) is 12.1 Å². The molecule has 1 aromatic rings. The quantitative estimate of drug-likeness (QED) is 0.818. The Bertz CT molecular complexity index is 563. The van der Waals surface area contributed by atoms with Crippen LogP contribution in [0.2, 0.25) is 0 Å². The lowest BCUT2D eigenvalue weighted by Crippen LogP contribution is -2.27. The first kappa shape index (κ1) is 17.4. The predicted molar refractivity (Wildman–Crippen MR) is 83.5 cm³/mol. The summed E-state index contributed by atoms with van der Waals surface area (Å²) in [5, 5.41) is 11.3. The molecule has 0 aliphatic heterocycles. The monoisotopic (exact) mass is 311 g/mol. The summed E-state index contributed by atoms with van der Waals surface area (Å²) < 4.78 is 11.8. The number of benzene rings is 1. The number of rotatable bonds is 5. The molecule has 0 aliphatic carbocycles. The fourth-order valence-electron chi connectivity index (χ4n) is 1.47. The Morgan fingerprint density at radius 1 is 1.33 bits per heavy atom. The van der Waals surface area contributed by atoms with Crippen molar-refractivity contribution in [2.45, 2.75) is 38.2 Å². The second kappa shape index (κ2) is 6.85. The molecule has 116 valence electrons. The number of amides is 1. The maximum Gasteiger partial charge on any atom is 0.315 e. The van der Waals surface area contributed by atoms with Gasteiger partial charge >= 0.3 is 5.97 Å². The highest BCUT2D eigenvalue weighted by Gasteiger charge is 2.21. The van der Waals surface area contributed by atoms with E-state index in [4.69, 9.17) is 5.11 Å². The zero-order valence-electron chi connectivity index (χ0n) is 12.7. The van der Waals surface area contributed by atoms with Crippen LogP contribution in [0.1, 0.15) is 33.3 Å². The van der Waals surface area contributed by atoms with Gasteiger partial charge in [0, 0.05) is 27.0 Å². The highest BCUT2D eigenvalue weighted by atomic mass is 32.2. The molecule has 0 saturated carbocycles. The van der Waals surface area contributed by atoms with E-state index in [1.807, 2.05) is 26.8 Å². The zero-order valence-corrected chi connectivity index (χ0v) is 13.5. The molecule has 6 heteroatoms. The van der Waals surface area contributed by atoms with Crippen LogP contribution in [0.15, 0.2) is 24.3 Å². The minimum absolute atomic E-state index is 0.308. The third-order valence-electron chi connectivity index (χ3n) is 2.94. The van der Waals surface area contributed by atoms with Crippen molar-refractivity contribution in [1.29, 1.82) is 0 Å². The Labute approximate surface area is 127 Å². The molecular weight excluding hydrogens is 290 g/mol. The molecule has 0 spiro atoms. The third-order valence-corrected chi connectivity index (χ3v) is 4.90. The smallest absolute Gasteiger partial charge is 0.315 e. The molecule has 0 radical (unpaired) electrons. The lowest BCUT2D eigenvalue weighted by molar-refractivity contribution is -0.144. The number of hydrogen-bond acceptors (Lipinski definition) is 3. The van der Waals surface area contributed by atoms with Gasteiger partial charge in [-0.2, -0.15) is 0 Å². The number of carbonyl (C=O) groups is 2. The van der Waals surface area contributed by atoms with Crippen molar-refractivity contribution in [1.82, 2.24) is 0 Å². The zero-order chi connectivity index (χ0) is 16.2. The molecule has 0 saturated heterocycles. The molecule has 2 atom stereocenters. The summed E-state index contributed by atoms with van der Waals surface area (Å²) in [6, 6.07) is 6.97. The average molecular weight is 311 g/mol. The summed E-state index contributed by atoms with van der Waals surface area (Å²) in [5.74, 6) is -2.46. The van der Waals surface area contributed by atoms with Crippen molar-refractivity contribution >= 4 is 28.4 Å². The molecule has 1 aromatic carbocycles. The van der Waals surface area contributed by atoms with Crippen LogP contribution in [0, 0.1) is 5.92 Å². The van der Waals surface area contributed by atoms with E-state index in [1.54, 1.807) is 18.2 Å². The fraction of sp³-hybridized carbons (Fsp3) is 0.467. The number of aliphatic carboxylic acids is 1. The van der Waals surface area contributed by atoms with Gasteiger partial charge in [0.2, 0.25) is 5.91 Å². The van der Waals surface area contributed by atoms with E-state index in [9.17, 15) is 13.8 Å². The van der Waals surface area contributed by atoms with E-state index < -0.39 is 28.6 Å². The van der Waals surface area contributed by atoms with Crippen molar-refractivity contribution in [3.8, 4) is 0 Å². The van der Waals surface area contributed by atoms with E-state index in [-0.39, 0.29) is 4.75 Å². The first-order valence-corrected chi connectivity index (χ1v) is 7.94. The van der Waals surface area contributed by atoms with Crippen LogP contribution >= 0.6 is 0 Å². The average Bonchev–Trinajstić information content (AvgIpc) is 2.36. The fourth-order valence-corrected chi connectivity index (χ4v) is 2.38. The summed E-state index contributed by atoms with van der Waals surface area (Å²) in [5.41, 5.74) is 1.35. The first-order valence-electron chi connectivity index (χ1n) is 6.62. The SMILES string of the molecule is CC(C(=O)O)C(=O)Nc1cccc(CS(=O)C(C)(C)C)c1. The Hall–Kier alpha value is -1.69. The Balaban J connectivity index is 2.80. The number of hydrogen-bond donors (Lipinski definition) is 2. The summed E-state index contributed by atoms with van der Waals surface area (Å²) in [4.78, 5) is 22.4. The number of carboxylic acid groups (broad SMARTS) is 1. The van der Waals surface area contributed by atoms with Gasteiger partial charge < -0.3 is 10.4 Å². The molecule has 5 nitrogen and oxygen atoms in total. The molecule has 0 heterocycles. The van der Waals surface area contributed by atoms with Crippen molar-refractivity contribution < 1.29 is 18.9 Å². The van der Waals surface area contributed by atoms with Gasteiger partial charge in [-0.3, -0.25) is 13.8 Å². The third kappa shape index (κ3) is 5.30. The van der Waals surface area contributed by atoms with E-state index in [0.717, 1.165) is 5.56 Å². The molecule has 2 unspecified atom stereocenters. The Morgan fingerprint density at radius 2 is 1.95 bits per heavy atom. The number of anilines is 1. The molecule has 21 heavy (non-hydrogen) atoms. The first-order chi connectivity index (χ1) is 9.61. The van der Waals surface area contributed by atoms with Crippen molar-refractivity contribution in [3.63, 3.8) is 0 Å². The van der Waals surface area contributed by atoms with Crippen molar-refractivity contribution in [3.05, 3.63) is 29.8 Å². The topological polar surface area (TPSA) is 83.5 Å². The molecule has 0 aliphatic rings. The van der Waals surface area contributed by atoms with Gasteiger partial charge in [0.25, 0.3) is 0 Å². The van der Waals surface area contributed by atoms with Crippen LogP contribution in [0.25, 0.3) is 0 Å². The minimum atomic E-state index is -1.17. The van der Waals surface area contributed by atoms with Crippen LogP contribution in [0.3, 0.4) is 0 Å². The highest BCUT2D eigenvalue weighted by molar-refractivity contribution is 7.85. The van der Waals surface area contributed by atoms with Crippen molar-refractivity contribution in [2.24, 2.45) is 5.92 Å². The molecule has 0 aromatic heterocycles.